The SMILES string of the molecule is CCN(C)CCNCc1ccc(F)cc1C(F)(F)F. The van der Waals surface area contributed by atoms with Gasteiger partial charge in [-0.05, 0) is 31.3 Å². The van der Waals surface area contributed by atoms with Crippen LogP contribution in [0.4, 0.5) is 17.6 Å². The smallest absolute Gasteiger partial charge is 0.311 e. The van der Waals surface area contributed by atoms with E-state index in [-0.39, 0.29) is 12.1 Å². The molecule has 0 heterocycles. The zero-order chi connectivity index (χ0) is 14.5. The molecule has 1 N–H and O–H groups in total. The lowest BCUT2D eigenvalue weighted by Crippen LogP contribution is -2.29. The molecule has 0 aliphatic carbocycles. The average Bonchev–Trinajstić information content (AvgIpc) is 2.34. The van der Waals surface area contributed by atoms with Crippen molar-refractivity contribution < 1.29 is 17.6 Å². The number of alkyl halides is 3. The van der Waals surface area contributed by atoms with Gasteiger partial charge < -0.3 is 10.2 Å². The van der Waals surface area contributed by atoms with Gasteiger partial charge in [-0.1, -0.05) is 13.0 Å². The van der Waals surface area contributed by atoms with Gasteiger partial charge >= 0.3 is 6.18 Å². The summed E-state index contributed by atoms with van der Waals surface area (Å²) < 4.78 is 51.0. The summed E-state index contributed by atoms with van der Waals surface area (Å²) in [4.78, 5) is 2.04. The highest BCUT2D eigenvalue weighted by Crippen LogP contribution is 2.32. The summed E-state index contributed by atoms with van der Waals surface area (Å²) in [6, 6.07) is 2.76. The highest BCUT2D eigenvalue weighted by molar-refractivity contribution is 5.30. The van der Waals surface area contributed by atoms with E-state index < -0.39 is 17.6 Å². The number of rotatable bonds is 6. The molecule has 6 heteroatoms. The molecule has 0 radical (unpaired) electrons. The molecule has 2 nitrogen and oxygen atoms in total. The van der Waals surface area contributed by atoms with E-state index in [4.69, 9.17) is 0 Å². The first-order chi connectivity index (χ1) is 8.84. The Labute approximate surface area is 110 Å². The van der Waals surface area contributed by atoms with Gasteiger partial charge in [0.1, 0.15) is 5.82 Å². The van der Waals surface area contributed by atoms with E-state index in [9.17, 15) is 17.6 Å². The quantitative estimate of drug-likeness (QED) is 0.636. The molecule has 0 amide bonds. The molecular weight excluding hydrogens is 260 g/mol. The van der Waals surface area contributed by atoms with E-state index in [0.717, 1.165) is 19.2 Å². The maximum atomic E-state index is 12.9. The van der Waals surface area contributed by atoms with Gasteiger partial charge in [-0.3, -0.25) is 0 Å². The van der Waals surface area contributed by atoms with Crippen LogP contribution in [0.25, 0.3) is 0 Å². The van der Waals surface area contributed by atoms with Crippen LogP contribution in [0.5, 0.6) is 0 Å². The minimum Gasteiger partial charge on any atom is -0.311 e. The minimum absolute atomic E-state index is 0.0630. The molecule has 0 aromatic heterocycles. The molecule has 1 rings (SSSR count). The maximum absolute atomic E-state index is 12.9. The van der Waals surface area contributed by atoms with Crippen LogP contribution in [0.15, 0.2) is 18.2 Å². The van der Waals surface area contributed by atoms with Crippen molar-refractivity contribution in [2.75, 3.05) is 26.7 Å². The first kappa shape index (κ1) is 15.9. The average molecular weight is 278 g/mol. The summed E-state index contributed by atoms with van der Waals surface area (Å²) in [6.07, 6.45) is -4.53. The summed E-state index contributed by atoms with van der Waals surface area (Å²) in [6.45, 7) is 4.29. The molecule has 0 saturated heterocycles. The van der Waals surface area contributed by atoms with Gasteiger partial charge in [0.05, 0.1) is 5.56 Å². The van der Waals surface area contributed by atoms with Crippen LogP contribution >= 0.6 is 0 Å². The van der Waals surface area contributed by atoms with Gasteiger partial charge in [0.15, 0.2) is 0 Å². The second-order valence-corrected chi connectivity index (χ2v) is 4.37. The molecule has 0 fully saturated rings. The molecule has 0 atom stereocenters. The molecule has 19 heavy (non-hydrogen) atoms. The lowest BCUT2D eigenvalue weighted by molar-refractivity contribution is -0.138. The lowest BCUT2D eigenvalue weighted by atomic mass is 10.1. The molecule has 1 aromatic rings. The largest absolute Gasteiger partial charge is 0.416 e. The lowest BCUT2D eigenvalue weighted by Gasteiger charge is -2.16. The summed E-state index contributed by atoms with van der Waals surface area (Å²) in [5.41, 5.74) is -0.850. The fourth-order valence-electron chi connectivity index (χ4n) is 1.62. The molecule has 0 aliphatic rings. The van der Waals surface area contributed by atoms with Crippen LogP contribution in [-0.4, -0.2) is 31.6 Å². The normalized spacial score (nSPS) is 12.2. The third-order valence-corrected chi connectivity index (χ3v) is 2.90. The summed E-state index contributed by atoms with van der Waals surface area (Å²) in [5.74, 6) is -0.873. The van der Waals surface area contributed by atoms with E-state index >= 15 is 0 Å². The van der Waals surface area contributed by atoms with Crippen LogP contribution in [0, 0.1) is 5.82 Å². The third-order valence-electron chi connectivity index (χ3n) is 2.90. The molecular formula is C13H18F4N2. The van der Waals surface area contributed by atoms with Crippen molar-refractivity contribution in [2.24, 2.45) is 0 Å². The standard InChI is InChI=1S/C13H18F4N2/c1-3-19(2)7-6-18-9-10-4-5-11(14)8-12(10)13(15,16)17/h4-5,8,18H,3,6-7,9H2,1-2H3. The number of nitrogens with one attached hydrogen (secondary N) is 1. The van der Waals surface area contributed by atoms with Gasteiger partial charge in [0.25, 0.3) is 0 Å². The first-order valence-corrected chi connectivity index (χ1v) is 6.09. The van der Waals surface area contributed by atoms with Crippen molar-refractivity contribution in [3.8, 4) is 0 Å². The van der Waals surface area contributed by atoms with Crippen LogP contribution in [0.3, 0.4) is 0 Å². The van der Waals surface area contributed by atoms with Gasteiger partial charge in [0, 0.05) is 19.6 Å². The predicted octanol–water partition coefficient (Wildman–Crippen LogP) is 2.89. The van der Waals surface area contributed by atoms with Gasteiger partial charge in [-0.25, -0.2) is 4.39 Å². The van der Waals surface area contributed by atoms with Crippen molar-refractivity contribution in [3.63, 3.8) is 0 Å². The second kappa shape index (κ2) is 6.86. The number of likely N-dealkylation sites (N-methyl/N-ethyl adjacent to an activating group) is 1. The Morgan fingerprint density at radius 3 is 2.53 bits per heavy atom. The van der Waals surface area contributed by atoms with Crippen molar-refractivity contribution in [3.05, 3.63) is 35.1 Å². The predicted molar refractivity (Wildman–Crippen MR) is 66.3 cm³/mol. The van der Waals surface area contributed by atoms with Gasteiger partial charge in [-0.2, -0.15) is 13.2 Å². The number of hydrogen-bond donors (Lipinski definition) is 1. The Kier molecular flexibility index (Phi) is 5.75. The Morgan fingerprint density at radius 1 is 1.26 bits per heavy atom. The molecule has 0 saturated carbocycles. The Hall–Kier alpha value is -1.14. The highest BCUT2D eigenvalue weighted by Gasteiger charge is 2.33. The second-order valence-electron chi connectivity index (χ2n) is 4.37. The fourth-order valence-corrected chi connectivity index (χ4v) is 1.62. The number of halogens is 4. The van der Waals surface area contributed by atoms with Crippen LogP contribution < -0.4 is 5.32 Å². The van der Waals surface area contributed by atoms with Crippen molar-refractivity contribution in [1.29, 1.82) is 0 Å². The molecule has 0 bridgehead atoms. The molecule has 1 aromatic carbocycles. The van der Waals surface area contributed by atoms with Crippen LogP contribution in [0.2, 0.25) is 0 Å². The van der Waals surface area contributed by atoms with Crippen molar-refractivity contribution >= 4 is 0 Å². The Bertz CT molecular complexity index is 404. The van der Waals surface area contributed by atoms with Crippen LogP contribution in [0.1, 0.15) is 18.1 Å². The molecule has 108 valence electrons. The Morgan fingerprint density at radius 2 is 1.95 bits per heavy atom. The fraction of sp³-hybridized carbons (Fsp3) is 0.538. The van der Waals surface area contributed by atoms with Crippen molar-refractivity contribution in [2.45, 2.75) is 19.6 Å². The summed E-state index contributed by atoms with van der Waals surface area (Å²) >= 11 is 0. The van der Waals surface area contributed by atoms with E-state index in [0.29, 0.717) is 12.6 Å². The molecule has 0 aliphatic heterocycles. The van der Waals surface area contributed by atoms with E-state index in [1.165, 1.54) is 6.07 Å². The molecule has 0 unspecified atom stereocenters. The van der Waals surface area contributed by atoms with E-state index in [1.807, 2.05) is 18.9 Å². The summed E-state index contributed by atoms with van der Waals surface area (Å²) in [5, 5.41) is 2.93. The van der Waals surface area contributed by atoms with E-state index in [1.54, 1.807) is 0 Å². The topological polar surface area (TPSA) is 15.3 Å². The zero-order valence-electron chi connectivity index (χ0n) is 11.0. The zero-order valence-corrected chi connectivity index (χ0v) is 11.0. The summed E-state index contributed by atoms with van der Waals surface area (Å²) in [7, 11) is 1.93. The Balaban J connectivity index is 2.63. The van der Waals surface area contributed by atoms with Gasteiger partial charge in [-0.15, -0.1) is 0 Å². The minimum atomic E-state index is -4.53. The number of hydrogen-bond acceptors (Lipinski definition) is 2. The van der Waals surface area contributed by atoms with E-state index in [2.05, 4.69) is 5.32 Å². The highest BCUT2D eigenvalue weighted by atomic mass is 19.4. The first-order valence-electron chi connectivity index (χ1n) is 6.09. The number of benzene rings is 1. The van der Waals surface area contributed by atoms with Crippen LogP contribution in [-0.2, 0) is 12.7 Å². The van der Waals surface area contributed by atoms with Gasteiger partial charge in [0.2, 0.25) is 0 Å². The van der Waals surface area contributed by atoms with Crippen molar-refractivity contribution in [1.82, 2.24) is 10.2 Å². The maximum Gasteiger partial charge on any atom is 0.416 e. The third kappa shape index (κ3) is 5.16. The number of nitrogens with zero attached hydrogens (tertiary/aromatic N) is 1. The monoisotopic (exact) mass is 278 g/mol. The molecule has 0 spiro atoms.